The lowest BCUT2D eigenvalue weighted by atomic mass is 9.87. The van der Waals surface area contributed by atoms with Crippen LogP contribution in [0.1, 0.15) is 40.5 Å². The average molecular weight is 311 g/mol. The minimum Gasteiger partial charge on any atom is -0.460 e. The lowest BCUT2D eigenvalue weighted by Crippen LogP contribution is -2.40. The monoisotopic (exact) mass is 311 g/mol. The van der Waals surface area contributed by atoms with Crippen molar-refractivity contribution in [2.24, 2.45) is 11.8 Å². The van der Waals surface area contributed by atoms with Gasteiger partial charge in [-0.25, -0.2) is 9.69 Å². The molecule has 2 amide bonds. The second-order valence-corrected chi connectivity index (χ2v) is 6.50. The van der Waals surface area contributed by atoms with Gasteiger partial charge in [0.05, 0.1) is 18.9 Å². The van der Waals surface area contributed by atoms with Gasteiger partial charge in [-0.3, -0.25) is 9.59 Å². The fraction of sp³-hybridized carbons (Fsp3) is 0.688. The van der Waals surface area contributed by atoms with Gasteiger partial charge in [0, 0.05) is 0 Å². The number of hydrogen-bond acceptors (Lipinski definition) is 5. The maximum atomic E-state index is 12.6. The molecule has 22 heavy (non-hydrogen) atoms. The van der Waals surface area contributed by atoms with Crippen molar-refractivity contribution in [1.29, 1.82) is 0 Å². The Morgan fingerprint density at radius 2 is 2.09 bits per heavy atom. The first kappa shape index (κ1) is 18.2. The molecule has 0 aromatic carbocycles. The predicted octanol–water partition coefficient (Wildman–Crippen LogP) is 2.53. The Kier molecular flexibility index (Phi) is 6.14. The van der Waals surface area contributed by atoms with Crippen molar-refractivity contribution < 1.29 is 23.9 Å². The van der Waals surface area contributed by atoms with Crippen molar-refractivity contribution in [3.8, 4) is 0 Å². The first-order valence-electron chi connectivity index (χ1n) is 7.46. The summed E-state index contributed by atoms with van der Waals surface area (Å²) in [6, 6.07) is 0. The molecule has 1 heterocycles. The number of imide groups is 1. The van der Waals surface area contributed by atoms with Gasteiger partial charge in [-0.2, -0.15) is 0 Å². The van der Waals surface area contributed by atoms with E-state index in [-0.39, 0.29) is 31.4 Å². The zero-order chi connectivity index (χ0) is 16.9. The van der Waals surface area contributed by atoms with Gasteiger partial charge in [-0.15, -0.1) is 6.58 Å². The summed E-state index contributed by atoms with van der Waals surface area (Å²) in [4.78, 5) is 37.2. The quantitative estimate of drug-likeness (QED) is 0.557. The topological polar surface area (TPSA) is 72.9 Å². The second-order valence-electron chi connectivity index (χ2n) is 6.50. The van der Waals surface area contributed by atoms with E-state index in [0.29, 0.717) is 6.42 Å². The number of rotatable bonds is 6. The summed E-state index contributed by atoms with van der Waals surface area (Å²) < 4.78 is 10.1. The van der Waals surface area contributed by atoms with Crippen LogP contribution in [0.25, 0.3) is 0 Å². The van der Waals surface area contributed by atoms with Gasteiger partial charge in [0.15, 0.2) is 0 Å². The normalized spacial score (nSPS) is 17.6. The number of nitrogens with zero attached hydrogens (tertiary/aromatic N) is 1. The van der Waals surface area contributed by atoms with Crippen LogP contribution in [-0.2, 0) is 19.1 Å². The fourth-order valence-electron chi connectivity index (χ4n) is 2.32. The third-order valence-corrected chi connectivity index (χ3v) is 3.38. The van der Waals surface area contributed by atoms with Crippen LogP contribution in [0.2, 0.25) is 0 Å². The van der Waals surface area contributed by atoms with Crippen molar-refractivity contribution in [3.05, 3.63) is 12.7 Å². The molecule has 1 fully saturated rings. The van der Waals surface area contributed by atoms with Crippen LogP contribution in [0.3, 0.4) is 0 Å². The van der Waals surface area contributed by atoms with Crippen LogP contribution in [-0.4, -0.2) is 41.6 Å². The van der Waals surface area contributed by atoms with Gasteiger partial charge in [-0.1, -0.05) is 13.0 Å². The number of carbonyl (C=O) groups is 3. The molecule has 1 aliphatic heterocycles. The van der Waals surface area contributed by atoms with E-state index in [1.165, 1.54) is 0 Å². The molecule has 1 saturated heterocycles. The Morgan fingerprint density at radius 1 is 1.45 bits per heavy atom. The van der Waals surface area contributed by atoms with E-state index in [2.05, 4.69) is 6.58 Å². The SMILES string of the molecule is C=CCC(C)C(CC(=O)OC(C)(C)C)C(=O)N1CCOC1=O. The Bertz CT molecular complexity index is 452. The van der Waals surface area contributed by atoms with Crippen LogP contribution < -0.4 is 0 Å². The van der Waals surface area contributed by atoms with Crippen LogP contribution in [0.5, 0.6) is 0 Å². The number of carbonyl (C=O) groups excluding carboxylic acids is 3. The lowest BCUT2D eigenvalue weighted by molar-refractivity contribution is -0.158. The molecule has 6 nitrogen and oxygen atoms in total. The fourth-order valence-corrected chi connectivity index (χ4v) is 2.32. The molecule has 124 valence electrons. The zero-order valence-corrected chi connectivity index (χ0v) is 13.8. The molecule has 0 bridgehead atoms. The summed E-state index contributed by atoms with van der Waals surface area (Å²) in [5.41, 5.74) is -0.612. The average Bonchev–Trinajstić information content (AvgIpc) is 2.79. The molecular weight excluding hydrogens is 286 g/mol. The summed E-state index contributed by atoms with van der Waals surface area (Å²) in [5.74, 6) is -1.58. The van der Waals surface area contributed by atoms with Crippen LogP contribution >= 0.6 is 0 Å². The van der Waals surface area contributed by atoms with E-state index < -0.39 is 23.6 Å². The Hall–Kier alpha value is -1.85. The molecule has 1 rings (SSSR count). The predicted molar refractivity (Wildman–Crippen MR) is 81.0 cm³/mol. The molecule has 2 unspecified atom stereocenters. The third-order valence-electron chi connectivity index (χ3n) is 3.38. The molecule has 2 atom stereocenters. The number of hydrogen-bond donors (Lipinski definition) is 0. The number of esters is 1. The minimum atomic E-state index is -0.648. The van der Waals surface area contributed by atoms with Crippen molar-refractivity contribution in [3.63, 3.8) is 0 Å². The van der Waals surface area contributed by atoms with Gasteiger partial charge in [-0.05, 0) is 33.1 Å². The molecule has 0 spiro atoms. The molecule has 0 N–H and O–H groups in total. The highest BCUT2D eigenvalue weighted by Gasteiger charge is 2.37. The number of amides is 2. The third kappa shape index (κ3) is 5.16. The molecule has 0 aliphatic carbocycles. The van der Waals surface area contributed by atoms with Gasteiger partial charge >= 0.3 is 12.1 Å². The van der Waals surface area contributed by atoms with Crippen molar-refractivity contribution in [2.75, 3.05) is 13.2 Å². The van der Waals surface area contributed by atoms with Crippen LogP contribution in [0.4, 0.5) is 4.79 Å². The summed E-state index contributed by atoms with van der Waals surface area (Å²) in [5, 5.41) is 0. The maximum Gasteiger partial charge on any atom is 0.416 e. The molecule has 6 heteroatoms. The van der Waals surface area contributed by atoms with E-state index in [4.69, 9.17) is 9.47 Å². The first-order chi connectivity index (χ1) is 10.2. The van der Waals surface area contributed by atoms with E-state index in [1.54, 1.807) is 26.8 Å². The van der Waals surface area contributed by atoms with Crippen LogP contribution in [0.15, 0.2) is 12.7 Å². The van der Waals surface area contributed by atoms with Crippen molar-refractivity contribution >= 4 is 18.0 Å². The van der Waals surface area contributed by atoms with Crippen molar-refractivity contribution in [2.45, 2.75) is 46.1 Å². The molecule has 0 radical (unpaired) electrons. The first-order valence-corrected chi connectivity index (χ1v) is 7.46. The standard InChI is InChI=1S/C16H25NO5/c1-6-7-11(2)12(10-13(18)22-16(3,4)5)14(19)17-8-9-21-15(17)20/h6,11-12H,1,7-10H2,2-5H3. The van der Waals surface area contributed by atoms with Crippen LogP contribution in [0, 0.1) is 11.8 Å². The molecular formula is C16H25NO5. The van der Waals surface area contributed by atoms with Gasteiger partial charge in [0.1, 0.15) is 12.2 Å². The maximum absolute atomic E-state index is 12.6. The molecule has 0 saturated carbocycles. The number of ether oxygens (including phenoxy) is 2. The molecule has 0 aromatic rings. The van der Waals surface area contributed by atoms with Gasteiger partial charge in [0.2, 0.25) is 5.91 Å². The molecule has 1 aliphatic rings. The summed E-state index contributed by atoms with van der Waals surface area (Å²) in [6.07, 6.45) is 1.56. The largest absolute Gasteiger partial charge is 0.460 e. The van der Waals surface area contributed by atoms with E-state index in [9.17, 15) is 14.4 Å². The Morgan fingerprint density at radius 3 is 2.55 bits per heavy atom. The minimum absolute atomic E-state index is 0.0606. The van der Waals surface area contributed by atoms with Gasteiger partial charge < -0.3 is 9.47 Å². The van der Waals surface area contributed by atoms with E-state index in [0.717, 1.165) is 4.90 Å². The van der Waals surface area contributed by atoms with Gasteiger partial charge in [0.25, 0.3) is 0 Å². The second kappa shape index (κ2) is 7.42. The summed E-state index contributed by atoms with van der Waals surface area (Å²) in [7, 11) is 0. The smallest absolute Gasteiger partial charge is 0.416 e. The highest BCUT2D eigenvalue weighted by atomic mass is 16.6. The van der Waals surface area contributed by atoms with E-state index >= 15 is 0 Å². The summed E-state index contributed by atoms with van der Waals surface area (Å²) >= 11 is 0. The summed E-state index contributed by atoms with van der Waals surface area (Å²) in [6.45, 7) is 11.2. The van der Waals surface area contributed by atoms with Crippen molar-refractivity contribution in [1.82, 2.24) is 4.90 Å². The number of cyclic esters (lactones) is 1. The Labute approximate surface area is 131 Å². The molecule has 0 aromatic heterocycles. The zero-order valence-electron chi connectivity index (χ0n) is 13.8. The highest BCUT2D eigenvalue weighted by Crippen LogP contribution is 2.25. The van der Waals surface area contributed by atoms with E-state index in [1.807, 2.05) is 6.92 Å². The lowest BCUT2D eigenvalue weighted by Gasteiger charge is -2.26. The number of allylic oxidation sites excluding steroid dienone is 1. The highest BCUT2D eigenvalue weighted by molar-refractivity contribution is 5.95. The Balaban J connectivity index is 2.83.